The average molecular weight is 215 g/mol. The molecular weight excluding hydrogens is 202 g/mol. The van der Waals surface area contributed by atoms with Gasteiger partial charge in [0.15, 0.2) is 0 Å². The van der Waals surface area contributed by atoms with E-state index in [-0.39, 0.29) is 18.4 Å². The third kappa shape index (κ3) is 2.14. The Morgan fingerprint density at radius 1 is 1.56 bits per heavy atom. The van der Waals surface area contributed by atoms with Gasteiger partial charge in [0.25, 0.3) is 0 Å². The maximum absolute atomic E-state index is 11.5. The Morgan fingerprint density at radius 2 is 2.38 bits per heavy atom. The van der Waals surface area contributed by atoms with Crippen molar-refractivity contribution >= 4 is 11.6 Å². The number of carbonyl (C=O) groups is 1. The lowest BCUT2D eigenvalue weighted by molar-refractivity contribution is -0.121. The number of para-hydroxylation sites is 1. The van der Waals surface area contributed by atoms with Gasteiger partial charge in [0.1, 0.15) is 6.54 Å². The number of fused-ring (bicyclic) bond motifs is 1. The van der Waals surface area contributed by atoms with Crippen molar-refractivity contribution < 1.29 is 4.79 Å². The summed E-state index contributed by atoms with van der Waals surface area (Å²) in [5.74, 6) is 0.153. The van der Waals surface area contributed by atoms with Crippen LogP contribution in [-0.2, 0) is 4.79 Å². The van der Waals surface area contributed by atoms with Gasteiger partial charge in [-0.25, -0.2) is 0 Å². The molecule has 0 saturated heterocycles. The van der Waals surface area contributed by atoms with Gasteiger partial charge < -0.3 is 10.6 Å². The topological polar surface area (TPSA) is 64.9 Å². The van der Waals surface area contributed by atoms with Gasteiger partial charge in [0, 0.05) is 24.6 Å². The van der Waals surface area contributed by atoms with Crippen LogP contribution >= 0.6 is 0 Å². The molecule has 2 N–H and O–H groups in total. The SMILES string of the molecule is N#CCNC(=O)CC1CNc2ccccc21. The van der Waals surface area contributed by atoms with Gasteiger partial charge in [0.2, 0.25) is 5.91 Å². The number of rotatable bonds is 3. The minimum atomic E-state index is -0.0648. The fourth-order valence-corrected chi connectivity index (χ4v) is 1.97. The van der Waals surface area contributed by atoms with Crippen molar-refractivity contribution in [1.82, 2.24) is 5.32 Å². The van der Waals surface area contributed by atoms with Crippen molar-refractivity contribution in [3.8, 4) is 6.07 Å². The number of nitrogens with zero attached hydrogens (tertiary/aromatic N) is 1. The van der Waals surface area contributed by atoms with E-state index in [1.807, 2.05) is 30.3 Å². The number of carbonyl (C=O) groups excluding carboxylic acids is 1. The van der Waals surface area contributed by atoms with E-state index in [9.17, 15) is 4.79 Å². The molecule has 1 unspecified atom stereocenters. The minimum absolute atomic E-state index is 0.0648. The predicted molar refractivity (Wildman–Crippen MR) is 60.9 cm³/mol. The first-order valence-electron chi connectivity index (χ1n) is 5.27. The molecular formula is C12H13N3O. The van der Waals surface area contributed by atoms with Crippen molar-refractivity contribution in [3.05, 3.63) is 29.8 Å². The second-order valence-electron chi connectivity index (χ2n) is 3.80. The third-order valence-electron chi connectivity index (χ3n) is 2.74. The highest BCUT2D eigenvalue weighted by atomic mass is 16.1. The van der Waals surface area contributed by atoms with Crippen LogP contribution in [0.1, 0.15) is 17.9 Å². The molecule has 82 valence electrons. The smallest absolute Gasteiger partial charge is 0.221 e. The highest BCUT2D eigenvalue weighted by Crippen LogP contribution is 2.32. The molecule has 1 aromatic carbocycles. The zero-order valence-electron chi connectivity index (χ0n) is 8.86. The number of nitriles is 1. The second kappa shape index (κ2) is 4.67. The lowest BCUT2D eigenvalue weighted by Crippen LogP contribution is -2.25. The normalized spacial score (nSPS) is 17.1. The van der Waals surface area contributed by atoms with E-state index >= 15 is 0 Å². The second-order valence-corrected chi connectivity index (χ2v) is 3.80. The molecule has 1 aliphatic rings. The summed E-state index contributed by atoms with van der Waals surface area (Å²) in [4.78, 5) is 11.5. The Labute approximate surface area is 94.3 Å². The van der Waals surface area contributed by atoms with Crippen LogP contribution < -0.4 is 10.6 Å². The van der Waals surface area contributed by atoms with Crippen molar-refractivity contribution in [2.75, 3.05) is 18.4 Å². The van der Waals surface area contributed by atoms with Crippen LogP contribution in [0.25, 0.3) is 0 Å². The number of nitrogens with one attached hydrogen (secondary N) is 2. The molecule has 1 aliphatic heterocycles. The lowest BCUT2D eigenvalue weighted by atomic mass is 9.98. The molecule has 0 aliphatic carbocycles. The maximum atomic E-state index is 11.5. The van der Waals surface area contributed by atoms with Crippen LogP contribution in [0.2, 0.25) is 0 Å². The number of hydrogen-bond donors (Lipinski definition) is 2. The summed E-state index contributed by atoms with van der Waals surface area (Å²) in [6.07, 6.45) is 0.436. The Balaban J connectivity index is 1.98. The molecule has 4 nitrogen and oxygen atoms in total. The van der Waals surface area contributed by atoms with Crippen LogP contribution in [0.15, 0.2) is 24.3 Å². The fourth-order valence-electron chi connectivity index (χ4n) is 1.97. The standard InChI is InChI=1S/C12H13N3O/c13-5-6-14-12(16)7-9-8-15-11-4-2-1-3-10(9)11/h1-4,9,15H,6-8H2,(H,14,16). The van der Waals surface area contributed by atoms with Crippen LogP contribution in [0, 0.1) is 11.3 Å². The summed E-state index contributed by atoms with van der Waals surface area (Å²) in [6, 6.07) is 9.91. The quantitative estimate of drug-likeness (QED) is 0.745. The van der Waals surface area contributed by atoms with Gasteiger partial charge in [-0.1, -0.05) is 18.2 Å². The Hall–Kier alpha value is -2.02. The molecule has 1 amide bonds. The summed E-state index contributed by atoms with van der Waals surface area (Å²) < 4.78 is 0. The fraction of sp³-hybridized carbons (Fsp3) is 0.333. The van der Waals surface area contributed by atoms with Crippen molar-refractivity contribution in [2.45, 2.75) is 12.3 Å². The van der Waals surface area contributed by atoms with E-state index in [0.29, 0.717) is 6.42 Å². The molecule has 2 rings (SSSR count). The van der Waals surface area contributed by atoms with Gasteiger partial charge in [-0.2, -0.15) is 5.26 Å². The molecule has 0 saturated carbocycles. The van der Waals surface area contributed by atoms with Gasteiger partial charge in [-0.3, -0.25) is 4.79 Å². The predicted octanol–water partition coefficient (Wildman–Crippen LogP) is 1.23. The number of hydrogen-bond acceptors (Lipinski definition) is 3. The molecule has 1 atom stereocenters. The molecule has 0 radical (unpaired) electrons. The Morgan fingerprint density at radius 3 is 3.19 bits per heavy atom. The first kappa shape index (κ1) is 10.5. The van der Waals surface area contributed by atoms with Crippen LogP contribution in [0.5, 0.6) is 0 Å². The molecule has 0 fully saturated rings. The minimum Gasteiger partial charge on any atom is -0.384 e. The number of amides is 1. The molecule has 0 aromatic heterocycles. The summed E-state index contributed by atoms with van der Waals surface area (Å²) in [5.41, 5.74) is 2.30. The molecule has 4 heteroatoms. The van der Waals surface area contributed by atoms with Crippen molar-refractivity contribution in [3.63, 3.8) is 0 Å². The maximum Gasteiger partial charge on any atom is 0.221 e. The number of benzene rings is 1. The Bertz CT molecular complexity index is 436. The summed E-state index contributed by atoms with van der Waals surface area (Å²) in [7, 11) is 0. The molecule has 1 aromatic rings. The largest absolute Gasteiger partial charge is 0.384 e. The van der Waals surface area contributed by atoms with Gasteiger partial charge >= 0.3 is 0 Å². The zero-order chi connectivity index (χ0) is 11.4. The summed E-state index contributed by atoms with van der Waals surface area (Å²) in [5, 5.41) is 14.2. The molecule has 16 heavy (non-hydrogen) atoms. The first-order chi connectivity index (χ1) is 7.81. The highest BCUT2D eigenvalue weighted by molar-refractivity contribution is 5.78. The third-order valence-corrected chi connectivity index (χ3v) is 2.74. The average Bonchev–Trinajstić information content (AvgIpc) is 2.70. The van der Waals surface area contributed by atoms with Gasteiger partial charge in [0.05, 0.1) is 6.07 Å². The molecule has 0 spiro atoms. The zero-order valence-corrected chi connectivity index (χ0v) is 8.86. The van der Waals surface area contributed by atoms with E-state index < -0.39 is 0 Å². The molecule has 0 bridgehead atoms. The first-order valence-corrected chi connectivity index (χ1v) is 5.27. The lowest BCUT2D eigenvalue weighted by Gasteiger charge is -2.08. The van der Waals surface area contributed by atoms with E-state index in [1.54, 1.807) is 0 Å². The molecule has 1 heterocycles. The monoisotopic (exact) mass is 215 g/mol. The van der Waals surface area contributed by atoms with Crippen molar-refractivity contribution in [2.24, 2.45) is 0 Å². The van der Waals surface area contributed by atoms with Gasteiger partial charge in [-0.05, 0) is 11.6 Å². The van der Waals surface area contributed by atoms with Gasteiger partial charge in [-0.15, -0.1) is 0 Å². The summed E-state index contributed by atoms with van der Waals surface area (Å²) >= 11 is 0. The van der Waals surface area contributed by atoms with Crippen LogP contribution in [0.4, 0.5) is 5.69 Å². The van der Waals surface area contributed by atoms with E-state index in [1.165, 1.54) is 5.56 Å². The summed E-state index contributed by atoms with van der Waals surface area (Å²) in [6.45, 7) is 0.875. The van der Waals surface area contributed by atoms with Crippen molar-refractivity contribution in [1.29, 1.82) is 5.26 Å². The van der Waals surface area contributed by atoms with E-state index in [0.717, 1.165) is 12.2 Å². The number of anilines is 1. The van der Waals surface area contributed by atoms with E-state index in [4.69, 9.17) is 5.26 Å². The van der Waals surface area contributed by atoms with Crippen LogP contribution in [-0.4, -0.2) is 19.0 Å². The highest BCUT2D eigenvalue weighted by Gasteiger charge is 2.23. The van der Waals surface area contributed by atoms with Crippen LogP contribution in [0.3, 0.4) is 0 Å². The Kier molecular flexibility index (Phi) is 3.06. The van der Waals surface area contributed by atoms with E-state index in [2.05, 4.69) is 10.6 Å².